The predicted octanol–water partition coefficient (Wildman–Crippen LogP) is 7.31. The van der Waals surface area contributed by atoms with Crippen LogP contribution in [-0.2, 0) is 34.2 Å². The zero-order valence-corrected chi connectivity index (χ0v) is 27.6. The maximum Gasteiger partial charge on any atom is 0.319 e. The van der Waals surface area contributed by atoms with Gasteiger partial charge in [-0.3, -0.25) is 14.3 Å². The number of esters is 1. The molecule has 3 rings (SSSR count). The van der Waals surface area contributed by atoms with Gasteiger partial charge in [-0.25, -0.2) is 4.98 Å². The Kier molecular flexibility index (Phi) is 14.3. The van der Waals surface area contributed by atoms with Gasteiger partial charge >= 0.3 is 5.97 Å². The molecule has 236 valence electrons. The van der Waals surface area contributed by atoms with Crippen LogP contribution in [0.3, 0.4) is 0 Å². The van der Waals surface area contributed by atoms with E-state index in [0.717, 1.165) is 79.4 Å². The Morgan fingerprint density at radius 1 is 0.953 bits per heavy atom. The molecule has 2 heterocycles. The van der Waals surface area contributed by atoms with Crippen molar-refractivity contribution in [3.05, 3.63) is 35.8 Å². The molecule has 0 aliphatic rings. The minimum absolute atomic E-state index is 0.0787. The van der Waals surface area contributed by atoms with Gasteiger partial charge in [0.15, 0.2) is 0 Å². The van der Waals surface area contributed by atoms with Gasteiger partial charge in [-0.05, 0) is 50.5 Å². The van der Waals surface area contributed by atoms with Crippen LogP contribution in [0.5, 0.6) is 5.88 Å². The number of hydrogen-bond donors (Lipinski definition) is 1. The van der Waals surface area contributed by atoms with Crippen LogP contribution in [0.25, 0.3) is 11.0 Å². The molecule has 10 heteroatoms. The molecule has 9 nitrogen and oxygen atoms in total. The second-order valence-corrected chi connectivity index (χ2v) is 12.1. The summed E-state index contributed by atoms with van der Waals surface area (Å²) < 4.78 is 13.4. The summed E-state index contributed by atoms with van der Waals surface area (Å²) in [7, 11) is 1.89. The van der Waals surface area contributed by atoms with Crippen molar-refractivity contribution in [3.63, 3.8) is 0 Å². The van der Waals surface area contributed by atoms with E-state index in [1.807, 2.05) is 45.2 Å². The number of ether oxygens (including phenoxy) is 2. The summed E-state index contributed by atoms with van der Waals surface area (Å²) >= 11 is 1.50. The highest BCUT2D eigenvalue weighted by atomic mass is 32.2. The van der Waals surface area contributed by atoms with Crippen molar-refractivity contribution in [2.45, 2.75) is 109 Å². The maximum atomic E-state index is 13.5. The minimum Gasteiger partial charge on any atom is -0.475 e. The Balaban J connectivity index is 1.74. The highest BCUT2D eigenvalue weighted by Gasteiger charge is 2.24. The van der Waals surface area contributed by atoms with E-state index in [1.165, 1.54) is 11.8 Å². The first-order chi connectivity index (χ1) is 20.8. The van der Waals surface area contributed by atoms with Crippen molar-refractivity contribution in [2.24, 2.45) is 13.0 Å². The third kappa shape index (κ3) is 9.95. The van der Waals surface area contributed by atoms with Gasteiger partial charge < -0.3 is 14.8 Å². The van der Waals surface area contributed by atoms with Crippen molar-refractivity contribution in [1.82, 2.24) is 19.7 Å². The molecular formula is C33H49N5O4S. The van der Waals surface area contributed by atoms with Crippen molar-refractivity contribution >= 4 is 40.4 Å². The number of hydrogen-bond acceptors (Lipinski definition) is 8. The van der Waals surface area contributed by atoms with Gasteiger partial charge in [0.05, 0.1) is 18.2 Å². The topological polar surface area (TPSA) is 108 Å². The fourth-order valence-electron chi connectivity index (χ4n) is 4.95. The Labute approximate surface area is 260 Å². The van der Waals surface area contributed by atoms with Crippen molar-refractivity contribution in [2.75, 3.05) is 18.5 Å². The van der Waals surface area contributed by atoms with Gasteiger partial charge in [-0.2, -0.15) is 10.1 Å². The Hall–Kier alpha value is -3.14. The molecule has 0 saturated heterocycles. The minimum atomic E-state index is -0.345. The van der Waals surface area contributed by atoms with E-state index in [1.54, 1.807) is 4.68 Å². The van der Waals surface area contributed by atoms with E-state index in [0.29, 0.717) is 30.4 Å². The molecule has 0 fully saturated rings. The second-order valence-electron chi connectivity index (χ2n) is 10.8. The Morgan fingerprint density at radius 3 is 2.37 bits per heavy atom. The van der Waals surface area contributed by atoms with Crippen molar-refractivity contribution in [1.29, 1.82) is 0 Å². The van der Waals surface area contributed by atoms with E-state index in [4.69, 9.17) is 14.5 Å². The van der Waals surface area contributed by atoms with Crippen LogP contribution in [-0.4, -0.2) is 50.1 Å². The second kappa shape index (κ2) is 17.9. The summed E-state index contributed by atoms with van der Waals surface area (Å²) in [5, 5.41) is 7.53. The lowest BCUT2D eigenvalue weighted by atomic mass is 10.0. The smallest absolute Gasteiger partial charge is 0.319 e. The lowest BCUT2D eigenvalue weighted by Crippen LogP contribution is -2.28. The van der Waals surface area contributed by atoms with Crippen LogP contribution in [0.15, 0.2) is 29.2 Å². The number of nitrogens with one attached hydrogen (secondary N) is 1. The van der Waals surface area contributed by atoms with Crippen LogP contribution < -0.4 is 10.1 Å². The Morgan fingerprint density at radius 2 is 1.72 bits per heavy atom. The lowest BCUT2D eigenvalue weighted by Gasteiger charge is -2.18. The van der Waals surface area contributed by atoms with Gasteiger partial charge in [-0.15, -0.1) is 11.8 Å². The number of amides is 1. The SMILES string of the molecule is CCCCCCC(COc1nc(CC)nc2c(CCC)nn(C)c12)C(=O)Nc1ccc(SC(CCC)C(=O)OCC)cc1. The van der Waals surface area contributed by atoms with Crippen LogP contribution in [0.2, 0.25) is 0 Å². The number of anilines is 1. The van der Waals surface area contributed by atoms with Gasteiger partial charge in [0.2, 0.25) is 11.8 Å². The molecule has 1 amide bonds. The zero-order valence-electron chi connectivity index (χ0n) is 26.8. The Bertz CT molecular complexity index is 1310. The van der Waals surface area contributed by atoms with Crippen LogP contribution in [0, 0.1) is 5.92 Å². The standard InChI is InChI=1S/C33H49N5O4S/c1-7-12-13-14-17-23(22-42-32-30-29(35-28(10-4)36-32)26(15-8-2)37-38(30)6)31(39)34-24-18-20-25(21-19-24)43-27(16-9-3)33(40)41-11-5/h18-21,23,27H,7-17,22H2,1-6H3,(H,34,39). The average molecular weight is 612 g/mol. The zero-order chi connectivity index (χ0) is 31.2. The van der Waals surface area contributed by atoms with E-state index in [-0.39, 0.29) is 29.7 Å². The molecule has 2 aromatic heterocycles. The summed E-state index contributed by atoms with van der Waals surface area (Å²) in [6.07, 6.45) is 9.14. The molecule has 0 saturated carbocycles. The van der Waals surface area contributed by atoms with Crippen molar-refractivity contribution < 1.29 is 19.1 Å². The molecular weight excluding hydrogens is 562 g/mol. The van der Waals surface area contributed by atoms with Crippen LogP contribution in [0.4, 0.5) is 5.69 Å². The first-order valence-corrected chi connectivity index (χ1v) is 16.8. The number of unbranched alkanes of at least 4 members (excludes halogenated alkanes) is 3. The first kappa shape index (κ1) is 34.4. The van der Waals surface area contributed by atoms with E-state index >= 15 is 0 Å². The fraction of sp³-hybridized carbons (Fsp3) is 0.606. The molecule has 0 spiro atoms. The highest BCUT2D eigenvalue weighted by molar-refractivity contribution is 8.00. The summed E-state index contributed by atoms with van der Waals surface area (Å²) in [4.78, 5) is 36.3. The summed E-state index contributed by atoms with van der Waals surface area (Å²) in [5.41, 5.74) is 3.26. The van der Waals surface area contributed by atoms with Gasteiger partial charge in [-0.1, -0.05) is 66.2 Å². The molecule has 2 unspecified atom stereocenters. The molecule has 0 aliphatic heterocycles. The third-order valence-corrected chi connectivity index (χ3v) is 8.52. The largest absolute Gasteiger partial charge is 0.475 e. The molecule has 43 heavy (non-hydrogen) atoms. The summed E-state index contributed by atoms with van der Waals surface area (Å²) in [6.45, 7) is 10.8. The number of aryl methyl sites for hydroxylation is 3. The monoisotopic (exact) mass is 611 g/mol. The molecule has 2 atom stereocenters. The van der Waals surface area contributed by atoms with Gasteiger partial charge in [0, 0.05) is 24.1 Å². The van der Waals surface area contributed by atoms with Crippen LogP contribution in [0.1, 0.15) is 97.5 Å². The number of carbonyl (C=O) groups excluding carboxylic acids is 2. The number of fused-ring (bicyclic) bond motifs is 1. The van der Waals surface area contributed by atoms with Crippen LogP contribution >= 0.6 is 11.8 Å². The van der Waals surface area contributed by atoms with Gasteiger partial charge in [0.25, 0.3) is 0 Å². The summed E-state index contributed by atoms with van der Waals surface area (Å²) in [5.74, 6) is 0.582. The number of rotatable bonds is 19. The average Bonchev–Trinajstić information content (AvgIpc) is 3.32. The number of thioether (sulfide) groups is 1. The van der Waals surface area contributed by atoms with E-state index < -0.39 is 0 Å². The highest BCUT2D eigenvalue weighted by Crippen LogP contribution is 2.29. The molecule has 0 radical (unpaired) electrons. The number of nitrogens with zero attached hydrogens (tertiary/aromatic N) is 4. The maximum absolute atomic E-state index is 13.5. The molecule has 0 aliphatic carbocycles. The molecule has 1 aromatic carbocycles. The quantitative estimate of drug-likeness (QED) is 0.0854. The van der Waals surface area contributed by atoms with E-state index in [9.17, 15) is 9.59 Å². The third-order valence-electron chi connectivity index (χ3n) is 7.27. The number of carbonyl (C=O) groups is 2. The number of aromatic nitrogens is 4. The fourth-order valence-corrected chi connectivity index (χ4v) is 6.09. The lowest BCUT2D eigenvalue weighted by molar-refractivity contribution is -0.142. The normalized spacial score (nSPS) is 12.7. The van der Waals surface area contributed by atoms with Crippen molar-refractivity contribution in [3.8, 4) is 5.88 Å². The van der Waals surface area contributed by atoms with E-state index in [2.05, 4.69) is 36.2 Å². The summed E-state index contributed by atoms with van der Waals surface area (Å²) in [6, 6.07) is 7.65. The molecule has 3 aromatic rings. The number of benzene rings is 1. The molecule has 0 bridgehead atoms. The molecule has 1 N–H and O–H groups in total. The predicted molar refractivity (Wildman–Crippen MR) is 174 cm³/mol. The first-order valence-electron chi connectivity index (χ1n) is 15.9. The van der Waals surface area contributed by atoms with Gasteiger partial charge in [0.1, 0.15) is 28.7 Å².